The van der Waals surface area contributed by atoms with Gasteiger partial charge in [0.2, 0.25) is 0 Å². The summed E-state index contributed by atoms with van der Waals surface area (Å²) < 4.78 is 0. The Morgan fingerprint density at radius 2 is 1.22 bits per heavy atom. The zero-order chi connectivity index (χ0) is 15.6. The van der Waals surface area contributed by atoms with Crippen molar-refractivity contribution in [3.8, 4) is 0 Å². The monoisotopic (exact) mass is 313 g/mol. The first kappa shape index (κ1) is 13.9. The maximum atomic E-state index is 5.76. The summed E-state index contributed by atoms with van der Waals surface area (Å²) in [7, 11) is 0. The van der Waals surface area contributed by atoms with Crippen molar-refractivity contribution >= 4 is 34.7 Å². The molecule has 0 aliphatic carbocycles. The van der Waals surface area contributed by atoms with Crippen LogP contribution in [0.25, 0.3) is 11.8 Å². The zero-order valence-electron chi connectivity index (χ0n) is 12.5. The van der Waals surface area contributed by atoms with Crippen LogP contribution in [0.1, 0.15) is 16.7 Å². The fourth-order valence-electron chi connectivity index (χ4n) is 2.93. The first-order valence-corrected chi connectivity index (χ1v) is 8.01. The second-order valence-corrected chi connectivity index (χ2v) is 5.85. The van der Waals surface area contributed by atoms with Crippen molar-refractivity contribution in [1.82, 2.24) is 0 Å². The second kappa shape index (κ2) is 5.82. The molecule has 2 heteroatoms. The fraction of sp³-hybridized carbons (Fsp3) is 0. The van der Waals surface area contributed by atoms with E-state index >= 15 is 0 Å². The van der Waals surface area contributed by atoms with Crippen LogP contribution in [-0.2, 0) is 0 Å². The Kier molecular flexibility index (Phi) is 3.52. The Balaban J connectivity index is 1.91. The van der Waals surface area contributed by atoms with Gasteiger partial charge >= 0.3 is 0 Å². The summed E-state index contributed by atoms with van der Waals surface area (Å²) in [5.41, 5.74) is 5.69. The number of benzene rings is 3. The standard InChI is InChI=1S/C21H15NS/c23-21-19-14-8-7-13-18(19)20(15-16-9-3-1-4-10-16)22(21)17-11-5-2-6-12-17/h1-15H/b20-15+. The van der Waals surface area contributed by atoms with Crippen molar-refractivity contribution in [3.63, 3.8) is 0 Å². The van der Waals surface area contributed by atoms with Gasteiger partial charge in [-0.3, -0.25) is 0 Å². The summed E-state index contributed by atoms with van der Waals surface area (Å²) >= 11 is 5.76. The average molecular weight is 313 g/mol. The van der Waals surface area contributed by atoms with Gasteiger partial charge in [-0.2, -0.15) is 0 Å². The van der Waals surface area contributed by atoms with E-state index < -0.39 is 0 Å². The highest BCUT2D eigenvalue weighted by Gasteiger charge is 2.29. The van der Waals surface area contributed by atoms with Crippen LogP contribution in [0.4, 0.5) is 5.69 Å². The summed E-state index contributed by atoms with van der Waals surface area (Å²) in [6, 6.07) is 29.0. The van der Waals surface area contributed by atoms with E-state index in [4.69, 9.17) is 12.2 Å². The number of nitrogens with zero attached hydrogens (tertiary/aromatic N) is 1. The maximum absolute atomic E-state index is 5.76. The first-order chi connectivity index (χ1) is 11.3. The molecule has 0 unspecified atom stereocenters. The SMILES string of the molecule is S=C1c2ccccc2/C(=C\c2ccccc2)N1c1ccccc1. The first-order valence-electron chi connectivity index (χ1n) is 7.60. The topological polar surface area (TPSA) is 3.24 Å². The van der Waals surface area contributed by atoms with E-state index in [1.807, 2.05) is 30.3 Å². The van der Waals surface area contributed by atoms with Gasteiger partial charge in [0, 0.05) is 16.8 Å². The lowest BCUT2D eigenvalue weighted by Gasteiger charge is -2.20. The molecule has 0 fully saturated rings. The van der Waals surface area contributed by atoms with E-state index in [9.17, 15) is 0 Å². The van der Waals surface area contributed by atoms with Crippen LogP contribution in [-0.4, -0.2) is 4.99 Å². The van der Waals surface area contributed by atoms with E-state index in [-0.39, 0.29) is 0 Å². The molecule has 1 aliphatic rings. The third-order valence-corrected chi connectivity index (χ3v) is 4.40. The Bertz CT molecular complexity index is 882. The van der Waals surface area contributed by atoms with Crippen LogP contribution < -0.4 is 4.90 Å². The van der Waals surface area contributed by atoms with Crippen molar-refractivity contribution in [2.45, 2.75) is 0 Å². The van der Waals surface area contributed by atoms with Gasteiger partial charge in [-0.25, -0.2) is 0 Å². The minimum Gasteiger partial charge on any atom is -0.300 e. The molecule has 3 aromatic carbocycles. The summed E-state index contributed by atoms with van der Waals surface area (Å²) in [6.45, 7) is 0. The van der Waals surface area contributed by atoms with Crippen molar-refractivity contribution in [2.75, 3.05) is 4.90 Å². The molecule has 1 heterocycles. The van der Waals surface area contributed by atoms with Gasteiger partial charge in [-0.1, -0.05) is 85.0 Å². The van der Waals surface area contributed by atoms with Gasteiger partial charge in [0.1, 0.15) is 4.99 Å². The molecule has 0 atom stereocenters. The minimum atomic E-state index is 0.856. The molecule has 0 saturated carbocycles. The van der Waals surface area contributed by atoms with E-state index in [0.29, 0.717) is 0 Å². The van der Waals surface area contributed by atoms with Crippen LogP contribution in [0.5, 0.6) is 0 Å². The number of thiocarbonyl (C=S) groups is 1. The lowest BCUT2D eigenvalue weighted by Crippen LogP contribution is -2.21. The van der Waals surface area contributed by atoms with Crippen molar-refractivity contribution < 1.29 is 0 Å². The Hall–Kier alpha value is -2.71. The highest BCUT2D eigenvalue weighted by molar-refractivity contribution is 7.81. The molecule has 0 N–H and O–H groups in total. The molecule has 0 amide bonds. The molecular formula is C21H15NS. The fourth-order valence-corrected chi connectivity index (χ4v) is 3.31. The summed E-state index contributed by atoms with van der Waals surface area (Å²) in [5.74, 6) is 0. The lowest BCUT2D eigenvalue weighted by molar-refractivity contribution is 1.43. The van der Waals surface area contributed by atoms with Crippen molar-refractivity contribution in [1.29, 1.82) is 0 Å². The zero-order valence-corrected chi connectivity index (χ0v) is 13.3. The van der Waals surface area contributed by atoms with Gasteiger partial charge in [-0.05, 0) is 23.8 Å². The van der Waals surface area contributed by atoms with E-state index in [0.717, 1.165) is 21.9 Å². The van der Waals surface area contributed by atoms with E-state index in [1.165, 1.54) is 11.1 Å². The predicted molar refractivity (Wildman–Crippen MR) is 101 cm³/mol. The van der Waals surface area contributed by atoms with Crippen LogP contribution in [0.15, 0.2) is 84.9 Å². The average Bonchev–Trinajstić information content (AvgIpc) is 2.89. The molecule has 110 valence electrons. The molecule has 4 rings (SSSR count). The van der Waals surface area contributed by atoms with Gasteiger partial charge in [0.25, 0.3) is 0 Å². The number of anilines is 1. The molecular weight excluding hydrogens is 298 g/mol. The maximum Gasteiger partial charge on any atom is 0.118 e. The van der Waals surface area contributed by atoms with Crippen LogP contribution in [0.3, 0.4) is 0 Å². The number of hydrogen-bond donors (Lipinski definition) is 0. The quantitative estimate of drug-likeness (QED) is 0.584. The molecule has 0 aromatic heterocycles. The molecule has 0 radical (unpaired) electrons. The molecule has 0 spiro atoms. The van der Waals surface area contributed by atoms with Crippen LogP contribution in [0.2, 0.25) is 0 Å². The normalized spacial score (nSPS) is 15.0. The second-order valence-electron chi connectivity index (χ2n) is 5.46. The van der Waals surface area contributed by atoms with E-state index in [2.05, 4.69) is 65.6 Å². The lowest BCUT2D eigenvalue weighted by atomic mass is 10.1. The van der Waals surface area contributed by atoms with Gasteiger partial charge in [0.05, 0.1) is 5.70 Å². The van der Waals surface area contributed by atoms with Crippen LogP contribution >= 0.6 is 12.2 Å². The van der Waals surface area contributed by atoms with Gasteiger partial charge in [0.15, 0.2) is 0 Å². The van der Waals surface area contributed by atoms with Gasteiger partial charge < -0.3 is 4.90 Å². The smallest absolute Gasteiger partial charge is 0.118 e. The molecule has 0 saturated heterocycles. The van der Waals surface area contributed by atoms with Crippen molar-refractivity contribution in [2.24, 2.45) is 0 Å². The number of para-hydroxylation sites is 1. The molecule has 0 bridgehead atoms. The summed E-state index contributed by atoms with van der Waals surface area (Å²) in [4.78, 5) is 3.02. The number of fused-ring (bicyclic) bond motifs is 1. The predicted octanol–water partition coefficient (Wildman–Crippen LogP) is 5.38. The molecule has 1 aliphatic heterocycles. The molecule has 3 aromatic rings. The van der Waals surface area contributed by atoms with E-state index in [1.54, 1.807) is 0 Å². The van der Waals surface area contributed by atoms with Gasteiger partial charge in [-0.15, -0.1) is 0 Å². The highest BCUT2D eigenvalue weighted by atomic mass is 32.1. The van der Waals surface area contributed by atoms with Crippen LogP contribution in [0, 0.1) is 0 Å². The number of hydrogen-bond acceptors (Lipinski definition) is 1. The molecule has 1 nitrogen and oxygen atoms in total. The third kappa shape index (κ3) is 2.47. The Morgan fingerprint density at radius 1 is 0.652 bits per heavy atom. The largest absolute Gasteiger partial charge is 0.300 e. The number of rotatable bonds is 2. The Labute approximate surface area is 141 Å². The summed E-state index contributed by atoms with van der Waals surface area (Å²) in [5, 5.41) is 0. The minimum absolute atomic E-state index is 0.856. The molecule has 23 heavy (non-hydrogen) atoms. The van der Waals surface area contributed by atoms with Crippen molar-refractivity contribution in [3.05, 3.63) is 102 Å². The third-order valence-electron chi connectivity index (χ3n) is 3.99. The highest BCUT2D eigenvalue weighted by Crippen LogP contribution is 2.38. The summed E-state index contributed by atoms with van der Waals surface area (Å²) in [6.07, 6.45) is 2.20. The Morgan fingerprint density at radius 3 is 1.91 bits per heavy atom.